The lowest BCUT2D eigenvalue weighted by molar-refractivity contribution is 0.229. The van der Waals surface area contributed by atoms with Crippen LogP contribution in [0.4, 0.5) is 5.69 Å². The fourth-order valence-electron chi connectivity index (χ4n) is 3.65. The largest absolute Gasteiger partial charge is 0.368 e. The van der Waals surface area contributed by atoms with Gasteiger partial charge >= 0.3 is 0 Å². The summed E-state index contributed by atoms with van der Waals surface area (Å²) >= 11 is 0. The second-order valence-electron chi connectivity index (χ2n) is 7.18. The van der Waals surface area contributed by atoms with E-state index in [1.807, 2.05) is 6.20 Å². The quantitative estimate of drug-likeness (QED) is 0.684. The summed E-state index contributed by atoms with van der Waals surface area (Å²) in [5.41, 5.74) is 2.41. The molecule has 2 heterocycles. The van der Waals surface area contributed by atoms with Gasteiger partial charge in [0.05, 0.1) is 5.52 Å². The third kappa shape index (κ3) is 3.46. The van der Waals surface area contributed by atoms with Crippen molar-refractivity contribution in [2.24, 2.45) is 0 Å². The molecule has 1 saturated heterocycles. The average Bonchev–Trinajstić information content (AvgIpc) is 2.64. The molecule has 0 unspecified atom stereocenters. The third-order valence-corrected chi connectivity index (χ3v) is 5.16. The summed E-state index contributed by atoms with van der Waals surface area (Å²) in [7, 11) is 4.29. The first-order valence-corrected chi connectivity index (χ1v) is 9.10. The number of pyridine rings is 1. The average molecular weight is 334 g/mol. The van der Waals surface area contributed by atoms with E-state index in [0.717, 1.165) is 44.8 Å². The molecule has 0 spiro atoms. The summed E-state index contributed by atoms with van der Waals surface area (Å²) in [6, 6.07) is 15.2. The fraction of sp³-hybridized carbons (Fsp3) is 0.381. The third-order valence-electron chi connectivity index (χ3n) is 5.16. The maximum Gasteiger partial charge on any atom is 0.0729 e. The molecule has 0 bridgehead atoms. The Labute approximate surface area is 149 Å². The van der Waals surface area contributed by atoms with E-state index in [2.05, 4.69) is 76.2 Å². The molecule has 25 heavy (non-hydrogen) atoms. The Bertz CT molecular complexity index is 866. The van der Waals surface area contributed by atoms with Crippen LogP contribution in [0.25, 0.3) is 21.7 Å². The molecular weight excluding hydrogens is 308 g/mol. The highest BCUT2D eigenvalue weighted by Gasteiger charge is 2.19. The van der Waals surface area contributed by atoms with Crippen molar-refractivity contribution in [1.82, 2.24) is 14.8 Å². The second kappa shape index (κ2) is 6.98. The number of fused-ring (bicyclic) bond motifs is 2. The molecule has 0 aliphatic carbocycles. The zero-order valence-corrected chi connectivity index (χ0v) is 15.2. The minimum Gasteiger partial charge on any atom is -0.368 e. The zero-order chi connectivity index (χ0) is 17.2. The summed E-state index contributed by atoms with van der Waals surface area (Å²) in [6.45, 7) is 6.71. The first-order valence-electron chi connectivity index (χ1n) is 9.10. The molecule has 0 N–H and O–H groups in total. The molecule has 0 radical (unpaired) electrons. The Balaban J connectivity index is 1.58. The van der Waals surface area contributed by atoms with Crippen molar-refractivity contribution in [2.45, 2.75) is 0 Å². The van der Waals surface area contributed by atoms with E-state index in [4.69, 9.17) is 0 Å². The highest BCUT2D eigenvalue weighted by Crippen LogP contribution is 2.30. The van der Waals surface area contributed by atoms with Crippen LogP contribution in [0.15, 0.2) is 48.7 Å². The van der Waals surface area contributed by atoms with Gasteiger partial charge in [-0.25, -0.2) is 0 Å². The lowest BCUT2D eigenvalue weighted by Gasteiger charge is -2.37. The molecule has 4 rings (SSSR count). The lowest BCUT2D eigenvalue weighted by Crippen LogP contribution is -2.48. The van der Waals surface area contributed by atoms with E-state index < -0.39 is 0 Å². The van der Waals surface area contributed by atoms with Crippen molar-refractivity contribution in [3.63, 3.8) is 0 Å². The Kier molecular flexibility index (Phi) is 4.55. The Morgan fingerprint density at radius 1 is 0.960 bits per heavy atom. The molecule has 3 aromatic rings. The Hall–Kier alpha value is -2.17. The topological polar surface area (TPSA) is 22.6 Å². The number of anilines is 1. The van der Waals surface area contributed by atoms with Crippen LogP contribution < -0.4 is 4.90 Å². The van der Waals surface area contributed by atoms with Crippen LogP contribution in [-0.2, 0) is 0 Å². The number of aromatic nitrogens is 1. The smallest absolute Gasteiger partial charge is 0.0729 e. The normalized spacial score (nSPS) is 16.2. The van der Waals surface area contributed by atoms with Gasteiger partial charge in [0.25, 0.3) is 0 Å². The van der Waals surface area contributed by atoms with Gasteiger partial charge in [-0.1, -0.05) is 24.3 Å². The Morgan fingerprint density at radius 3 is 2.40 bits per heavy atom. The van der Waals surface area contributed by atoms with E-state index in [9.17, 15) is 0 Å². The molecule has 4 heteroatoms. The zero-order valence-electron chi connectivity index (χ0n) is 15.2. The standard InChI is InChI=1S/C21H26N4/c1-23(2)9-10-24-11-13-25(14-12-24)21-7-8-22-20-16-18-6-4-3-5-17(18)15-19(20)21/h3-8,15-16H,9-14H2,1-2H3. The molecule has 1 fully saturated rings. The van der Waals surface area contributed by atoms with Crippen LogP contribution in [0.3, 0.4) is 0 Å². The van der Waals surface area contributed by atoms with Gasteiger partial charge in [-0.3, -0.25) is 9.88 Å². The van der Waals surface area contributed by atoms with Crippen molar-refractivity contribution in [3.05, 3.63) is 48.7 Å². The first kappa shape index (κ1) is 16.3. The van der Waals surface area contributed by atoms with Gasteiger partial charge in [-0.2, -0.15) is 0 Å². The van der Waals surface area contributed by atoms with Crippen molar-refractivity contribution in [1.29, 1.82) is 0 Å². The van der Waals surface area contributed by atoms with E-state index >= 15 is 0 Å². The SMILES string of the molecule is CN(C)CCN1CCN(c2ccnc3cc4ccccc4cc23)CC1. The lowest BCUT2D eigenvalue weighted by atomic mass is 10.1. The van der Waals surface area contributed by atoms with Crippen LogP contribution >= 0.6 is 0 Å². The van der Waals surface area contributed by atoms with Crippen LogP contribution in [-0.4, -0.2) is 68.1 Å². The molecule has 0 saturated carbocycles. The van der Waals surface area contributed by atoms with E-state index in [1.165, 1.54) is 21.8 Å². The number of likely N-dealkylation sites (N-methyl/N-ethyl adjacent to an activating group) is 1. The predicted molar refractivity (Wildman–Crippen MR) is 106 cm³/mol. The van der Waals surface area contributed by atoms with E-state index in [-0.39, 0.29) is 0 Å². The molecule has 1 aliphatic heterocycles. The molecular formula is C21H26N4. The maximum absolute atomic E-state index is 4.61. The molecule has 0 amide bonds. The van der Waals surface area contributed by atoms with E-state index in [1.54, 1.807) is 0 Å². The molecule has 130 valence electrons. The van der Waals surface area contributed by atoms with Crippen molar-refractivity contribution >= 4 is 27.4 Å². The first-order chi connectivity index (χ1) is 12.2. The Morgan fingerprint density at radius 2 is 1.68 bits per heavy atom. The van der Waals surface area contributed by atoms with Gasteiger partial charge < -0.3 is 9.80 Å². The number of rotatable bonds is 4. The molecule has 4 nitrogen and oxygen atoms in total. The van der Waals surface area contributed by atoms with Crippen molar-refractivity contribution in [2.75, 3.05) is 58.3 Å². The summed E-state index contributed by atoms with van der Waals surface area (Å²) in [5, 5.41) is 3.81. The predicted octanol–water partition coefficient (Wildman–Crippen LogP) is 3.07. The second-order valence-corrected chi connectivity index (χ2v) is 7.18. The van der Waals surface area contributed by atoms with Gasteiger partial charge in [0, 0.05) is 56.5 Å². The molecule has 0 atom stereocenters. The number of hydrogen-bond donors (Lipinski definition) is 0. The summed E-state index contributed by atoms with van der Waals surface area (Å²) in [5.74, 6) is 0. The van der Waals surface area contributed by atoms with Crippen LogP contribution in [0.1, 0.15) is 0 Å². The summed E-state index contributed by atoms with van der Waals surface area (Å²) < 4.78 is 0. The van der Waals surface area contributed by atoms with Gasteiger partial charge in [-0.05, 0) is 43.1 Å². The van der Waals surface area contributed by atoms with Crippen molar-refractivity contribution in [3.8, 4) is 0 Å². The number of nitrogens with zero attached hydrogens (tertiary/aromatic N) is 4. The molecule has 1 aliphatic rings. The van der Waals surface area contributed by atoms with E-state index in [0.29, 0.717) is 0 Å². The molecule has 1 aromatic heterocycles. The minimum atomic E-state index is 1.08. The van der Waals surface area contributed by atoms with Crippen molar-refractivity contribution < 1.29 is 0 Å². The number of piperazine rings is 1. The summed E-state index contributed by atoms with van der Waals surface area (Å²) in [4.78, 5) is 11.9. The highest BCUT2D eigenvalue weighted by molar-refractivity contribution is 6.02. The van der Waals surface area contributed by atoms with Crippen LogP contribution in [0, 0.1) is 0 Å². The maximum atomic E-state index is 4.61. The molecule has 2 aromatic carbocycles. The van der Waals surface area contributed by atoms with Gasteiger partial charge in [-0.15, -0.1) is 0 Å². The van der Waals surface area contributed by atoms with Crippen LogP contribution in [0.5, 0.6) is 0 Å². The van der Waals surface area contributed by atoms with Gasteiger partial charge in [0.15, 0.2) is 0 Å². The fourth-order valence-corrected chi connectivity index (χ4v) is 3.65. The summed E-state index contributed by atoms with van der Waals surface area (Å²) in [6.07, 6.45) is 1.95. The van der Waals surface area contributed by atoms with Crippen LogP contribution in [0.2, 0.25) is 0 Å². The van der Waals surface area contributed by atoms with Gasteiger partial charge in [0.2, 0.25) is 0 Å². The highest BCUT2D eigenvalue weighted by atomic mass is 15.3. The minimum absolute atomic E-state index is 1.08. The van der Waals surface area contributed by atoms with Gasteiger partial charge in [0.1, 0.15) is 0 Å². The number of benzene rings is 2. The monoisotopic (exact) mass is 334 g/mol. The number of hydrogen-bond acceptors (Lipinski definition) is 4.